The molecule has 2 aromatic rings. The number of hydrogen-bond donors (Lipinski definition) is 1. The minimum atomic E-state index is -4.46. The van der Waals surface area contributed by atoms with Crippen LogP contribution >= 0.6 is 0 Å². The van der Waals surface area contributed by atoms with Crippen LogP contribution in [-0.4, -0.2) is 32.7 Å². The van der Waals surface area contributed by atoms with Crippen molar-refractivity contribution in [3.8, 4) is 0 Å². The highest BCUT2D eigenvalue weighted by molar-refractivity contribution is 7.89. The second-order valence-corrected chi connectivity index (χ2v) is 7.91. The van der Waals surface area contributed by atoms with Crippen molar-refractivity contribution in [1.82, 2.24) is 4.31 Å². The average molecular weight is 398 g/mol. The first-order valence-electron chi connectivity index (χ1n) is 7.69. The maximum Gasteiger partial charge on any atom is 0.416 e. The summed E-state index contributed by atoms with van der Waals surface area (Å²) in [5.74, 6) is -0.560. The molecule has 2 aromatic carbocycles. The zero-order valence-corrected chi connectivity index (χ0v) is 15.3. The summed E-state index contributed by atoms with van der Waals surface area (Å²) in [5.41, 5.74) is -0.221. The van der Waals surface area contributed by atoms with Crippen LogP contribution in [0.3, 0.4) is 0 Å². The van der Waals surface area contributed by atoms with Gasteiger partial charge < -0.3 is 5.32 Å². The lowest BCUT2D eigenvalue weighted by Crippen LogP contribution is -2.22. The number of carbonyl (C=O) groups is 1. The van der Waals surface area contributed by atoms with Crippen LogP contribution in [0.4, 0.5) is 18.9 Å². The molecule has 0 aliphatic carbocycles. The molecule has 0 atom stereocenters. The maximum absolute atomic E-state index is 12.7. The normalized spacial score (nSPS) is 12.5. The number of amides is 1. The molecule has 1 amide bonds. The first kappa shape index (κ1) is 20.7. The van der Waals surface area contributed by atoms with Gasteiger partial charge in [-0.25, -0.2) is 12.7 Å². The van der Waals surface area contributed by atoms with E-state index in [1.54, 1.807) is 0 Å². The summed E-state index contributed by atoms with van der Waals surface area (Å²) in [6.07, 6.45) is -2.10. The standard InChI is InChI=1S/C18H17F3N2O3S/c1-23(2)27(25,26)16-9-7-15(8-10-16)22-17(24)11-6-13-4-3-5-14(12-13)18(19,20)21/h3-12H,1-2H3,(H,22,24)/b11-6+. The number of nitrogens with one attached hydrogen (secondary N) is 1. The minimum Gasteiger partial charge on any atom is -0.323 e. The van der Waals surface area contributed by atoms with Gasteiger partial charge in [0.05, 0.1) is 10.5 Å². The molecule has 0 saturated carbocycles. The molecular weight excluding hydrogens is 381 g/mol. The largest absolute Gasteiger partial charge is 0.416 e. The molecule has 0 heterocycles. The fraction of sp³-hybridized carbons (Fsp3) is 0.167. The average Bonchev–Trinajstić information content (AvgIpc) is 2.60. The highest BCUT2D eigenvalue weighted by Gasteiger charge is 2.30. The summed E-state index contributed by atoms with van der Waals surface area (Å²) in [6, 6.07) is 10.1. The monoisotopic (exact) mass is 398 g/mol. The van der Waals surface area contributed by atoms with E-state index in [0.29, 0.717) is 5.69 Å². The van der Waals surface area contributed by atoms with Crippen molar-refractivity contribution in [2.24, 2.45) is 0 Å². The van der Waals surface area contributed by atoms with Crippen LogP contribution in [0.5, 0.6) is 0 Å². The fourth-order valence-electron chi connectivity index (χ4n) is 2.10. The third-order valence-electron chi connectivity index (χ3n) is 3.54. The quantitative estimate of drug-likeness (QED) is 0.783. The van der Waals surface area contributed by atoms with E-state index in [2.05, 4.69) is 5.32 Å². The van der Waals surface area contributed by atoms with E-state index in [1.807, 2.05) is 0 Å². The van der Waals surface area contributed by atoms with E-state index < -0.39 is 27.7 Å². The van der Waals surface area contributed by atoms with Crippen LogP contribution in [-0.2, 0) is 21.0 Å². The van der Waals surface area contributed by atoms with Crippen molar-refractivity contribution in [1.29, 1.82) is 0 Å². The first-order valence-corrected chi connectivity index (χ1v) is 9.13. The Hall–Kier alpha value is -2.65. The molecule has 0 saturated heterocycles. The van der Waals surface area contributed by atoms with Gasteiger partial charge in [-0.2, -0.15) is 13.2 Å². The molecule has 0 aliphatic heterocycles. The molecule has 0 aliphatic rings. The number of hydrogen-bond acceptors (Lipinski definition) is 3. The van der Waals surface area contributed by atoms with Gasteiger partial charge in [-0.05, 0) is 48.0 Å². The Morgan fingerprint density at radius 3 is 2.26 bits per heavy atom. The summed E-state index contributed by atoms with van der Waals surface area (Å²) in [7, 11) is -0.757. The molecular formula is C18H17F3N2O3S. The number of benzene rings is 2. The Balaban J connectivity index is 2.07. The molecule has 0 unspecified atom stereocenters. The molecule has 9 heteroatoms. The third kappa shape index (κ3) is 5.41. The van der Waals surface area contributed by atoms with Crippen LogP contribution in [0.2, 0.25) is 0 Å². The Kier molecular flexibility index (Phi) is 6.07. The summed E-state index contributed by atoms with van der Waals surface area (Å²) in [5, 5.41) is 2.51. The van der Waals surface area contributed by atoms with Gasteiger partial charge in [-0.1, -0.05) is 12.1 Å². The highest BCUT2D eigenvalue weighted by atomic mass is 32.2. The SMILES string of the molecule is CN(C)S(=O)(=O)c1ccc(NC(=O)/C=C/c2cccc(C(F)(F)F)c2)cc1. The minimum absolute atomic E-state index is 0.0741. The fourth-order valence-corrected chi connectivity index (χ4v) is 3.00. The lowest BCUT2D eigenvalue weighted by Gasteiger charge is -2.11. The van der Waals surface area contributed by atoms with Gasteiger partial charge >= 0.3 is 6.18 Å². The zero-order chi connectivity index (χ0) is 20.2. The zero-order valence-electron chi connectivity index (χ0n) is 14.5. The second-order valence-electron chi connectivity index (χ2n) is 5.76. The Labute approximate surface area is 155 Å². The van der Waals surface area contributed by atoms with E-state index >= 15 is 0 Å². The predicted octanol–water partition coefficient (Wildman–Crippen LogP) is 3.61. The van der Waals surface area contributed by atoms with E-state index in [0.717, 1.165) is 22.5 Å². The second kappa shape index (κ2) is 7.93. The molecule has 2 rings (SSSR count). The Morgan fingerprint density at radius 1 is 1.07 bits per heavy atom. The van der Waals surface area contributed by atoms with Crippen LogP contribution in [0, 0.1) is 0 Å². The highest BCUT2D eigenvalue weighted by Crippen LogP contribution is 2.29. The molecule has 0 bridgehead atoms. The van der Waals surface area contributed by atoms with Gasteiger partial charge in [0.1, 0.15) is 0 Å². The van der Waals surface area contributed by atoms with Crippen LogP contribution in [0.1, 0.15) is 11.1 Å². The van der Waals surface area contributed by atoms with Gasteiger partial charge in [-0.3, -0.25) is 4.79 Å². The number of rotatable bonds is 5. The van der Waals surface area contributed by atoms with E-state index in [9.17, 15) is 26.4 Å². The van der Waals surface area contributed by atoms with Crippen molar-refractivity contribution in [3.05, 3.63) is 65.7 Å². The van der Waals surface area contributed by atoms with Gasteiger partial charge in [0.2, 0.25) is 15.9 Å². The third-order valence-corrected chi connectivity index (χ3v) is 5.37. The van der Waals surface area contributed by atoms with Crippen LogP contribution < -0.4 is 5.32 Å². The molecule has 0 spiro atoms. The first-order chi connectivity index (χ1) is 12.5. The maximum atomic E-state index is 12.7. The van der Waals surface area contributed by atoms with Gasteiger partial charge in [-0.15, -0.1) is 0 Å². The van der Waals surface area contributed by atoms with Crippen molar-refractivity contribution >= 4 is 27.7 Å². The molecule has 1 N–H and O–H groups in total. The van der Waals surface area contributed by atoms with E-state index in [4.69, 9.17) is 0 Å². The van der Waals surface area contributed by atoms with Crippen LogP contribution in [0.25, 0.3) is 6.08 Å². The van der Waals surface area contributed by atoms with Crippen molar-refractivity contribution in [2.75, 3.05) is 19.4 Å². The summed E-state index contributed by atoms with van der Waals surface area (Å²) < 4.78 is 63.0. The van der Waals surface area contributed by atoms with Gasteiger partial charge in [0.15, 0.2) is 0 Å². The Morgan fingerprint density at radius 2 is 1.70 bits per heavy atom. The number of carbonyl (C=O) groups excluding carboxylic acids is 1. The lowest BCUT2D eigenvalue weighted by molar-refractivity contribution is -0.137. The topological polar surface area (TPSA) is 66.5 Å². The summed E-state index contributed by atoms with van der Waals surface area (Å²) in [4.78, 5) is 12.0. The van der Waals surface area contributed by atoms with Crippen molar-refractivity contribution in [3.63, 3.8) is 0 Å². The molecule has 144 valence electrons. The number of anilines is 1. The molecule has 27 heavy (non-hydrogen) atoms. The summed E-state index contributed by atoms with van der Waals surface area (Å²) in [6.45, 7) is 0. The molecule has 0 aromatic heterocycles. The predicted molar refractivity (Wildman–Crippen MR) is 96.4 cm³/mol. The molecule has 0 radical (unpaired) electrons. The lowest BCUT2D eigenvalue weighted by atomic mass is 10.1. The van der Waals surface area contributed by atoms with Crippen molar-refractivity contribution < 1.29 is 26.4 Å². The van der Waals surface area contributed by atoms with Crippen molar-refractivity contribution in [2.45, 2.75) is 11.1 Å². The van der Waals surface area contributed by atoms with Gasteiger partial charge in [0.25, 0.3) is 0 Å². The molecule has 5 nitrogen and oxygen atoms in total. The number of halogens is 3. The van der Waals surface area contributed by atoms with E-state index in [1.165, 1.54) is 56.6 Å². The number of nitrogens with zero attached hydrogens (tertiary/aromatic N) is 1. The van der Waals surface area contributed by atoms with E-state index in [-0.39, 0.29) is 10.5 Å². The number of alkyl halides is 3. The summed E-state index contributed by atoms with van der Waals surface area (Å²) >= 11 is 0. The van der Waals surface area contributed by atoms with Gasteiger partial charge in [0, 0.05) is 25.9 Å². The Bertz CT molecular complexity index is 951. The molecule has 0 fully saturated rings. The number of sulfonamides is 1. The smallest absolute Gasteiger partial charge is 0.323 e. The van der Waals surface area contributed by atoms with Crippen LogP contribution in [0.15, 0.2) is 59.5 Å².